The van der Waals surface area contributed by atoms with Crippen LogP contribution in [0.1, 0.15) is 10.6 Å². The number of nitrogens with zero attached hydrogens (tertiary/aromatic N) is 1. The Morgan fingerprint density at radius 3 is 3.00 bits per heavy atom. The summed E-state index contributed by atoms with van der Waals surface area (Å²) in [6, 6.07) is 13.7. The Bertz CT molecular complexity index is 892. The molecule has 0 spiro atoms. The molecule has 1 N–H and O–H groups in total. The summed E-state index contributed by atoms with van der Waals surface area (Å²) in [5, 5.41) is 3.73. The zero-order valence-corrected chi connectivity index (χ0v) is 14.9. The fraction of sp³-hybridized carbons (Fsp3) is 0.263. The second kappa shape index (κ2) is 7.72. The molecular weight excluding hydrogens is 352 g/mol. The van der Waals surface area contributed by atoms with Gasteiger partial charge >= 0.3 is 0 Å². The van der Waals surface area contributed by atoms with Crippen LogP contribution >= 0.6 is 11.3 Å². The summed E-state index contributed by atoms with van der Waals surface area (Å²) in [6.07, 6.45) is 0.722. The molecule has 1 aliphatic rings. The Balaban J connectivity index is 1.18. The van der Waals surface area contributed by atoms with Crippen LogP contribution in [-0.4, -0.2) is 30.8 Å². The molecule has 0 aliphatic carbocycles. The van der Waals surface area contributed by atoms with Crippen LogP contribution in [0.3, 0.4) is 0 Å². The number of ether oxygens (including phenoxy) is 3. The number of rotatable bonds is 7. The molecule has 7 heteroatoms. The van der Waals surface area contributed by atoms with Crippen molar-refractivity contribution in [3.05, 3.63) is 53.0 Å². The Hall–Kier alpha value is -2.64. The van der Waals surface area contributed by atoms with E-state index in [0.717, 1.165) is 38.7 Å². The van der Waals surface area contributed by atoms with Gasteiger partial charge in [0.2, 0.25) is 12.7 Å². The van der Waals surface area contributed by atoms with E-state index in [0.29, 0.717) is 13.2 Å². The highest BCUT2D eigenvalue weighted by atomic mass is 32.1. The first-order valence-electron chi connectivity index (χ1n) is 8.35. The lowest BCUT2D eigenvalue weighted by molar-refractivity contribution is -0.126. The van der Waals surface area contributed by atoms with E-state index in [1.165, 1.54) is 0 Å². The van der Waals surface area contributed by atoms with Gasteiger partial charge in [-0.15, -0.1) is 11.3 Å². The van der Waals surface area contributed by atoms with Crippen molar-refractivity contribution in [2.75, 3.05) is 19.9 Å². The van der Waals surface area contributed by atoms with Crippen molar-refractivity contribution < 1.29 is 19.0 Å². The van der Waals surface area contributed by atoms with Crippen LogP contribution in [0.15, 0.2) is 42.5 Å². The van der Waals surface area contributed by atoms with Crippen LogP contribution < -0.4 is 14.8 Å². The SMILES string of the molecule is O=C(COCc1nc2ccccc2s1)NCCc1ccc2c(c1)OCO2. The maximum Gasteiger partial charge on any atom is 0.246 e. The van der Waals surface area contributed by atoms with Crippen molar-refractivity contribution in [1.29, 1.82) is 0 Å². The molecule has 1 aliphatic heterocycles. The summed E-state index contributed by atoms with van der Waals surface area (Å²) >= 11 is 1.58. The standard InChI is InChI=1S/C19H18N2O4S/c22-18(10-23-11-19-21-14-3-1-2-4-17(14)26-19)20-8-7-13-5-6-15-16(9-13)25-12-24-15/h1-6,9H,7-8,10-12H2,(H,20,22). The third-order valence-electron chi connectivity index (χ3n) is 3.97. The lowest BCUT2D eigenvalue weighted by Gasteiger charge is -2.06. The van der Waals surface area contributed by atoms with Gasteiger partial charge in [-0.05, 0) is 36.2 Å². The van der Waals surface area contributed by atoms with Gasteiger partial charge in [0, 0.05) is 6.54 Å². The van der Waals surface area contributed by atoms with Gasteiger partial charge in [-0.1, -0.05) is 18.2 Å². The number of hydrogen-bond donors (Lipinski definition) is 1. The molecule has 0 atom stereocenters. The van der Waals surface area contributed by atoms with E-state index in [1.807, 2.05) is 42.5 Å². The van der Waals surface area contributed by atoms with E-state index >= 15 is 0 Å². The monoisotopic (exact) mass is 370 g/mol. The lowest BCUT2D eigenvalue weighted by Crippen LogP contribution is -2.29. The smallest absolute Gasteiger partial charge is 0.246 e. The van der Waals surface area contributed by atoms with Gasteiger partial charge < -0.3 is 19.5 Å². The van der Waals surface area contributed by atoms with Gasteiger partial charge in [-0.2, -0.15) is 0 Å². The molecule has 2 heterocycles. The Labute approximate surface area is 154 Å². The van der Waals surface area contributed by atoms with Gasteiger partial charge in [0.05, 0.1) is 16.8 Å². The quantitative estimate of drug-likeness (QED) is 0.693. The molecule has 0 saturated heterocycles. The predicted molar refractivity (Wildman–Crippen MR) is 98.6 cm³/mol. The summed E-state index contributed by atoms with van der Waals surface area (Å²) < 4.78 is 17.2. The topological polar surface area (TPSA) is 69.7 Å². The summed E-state index contributed by atoms with van der Waals surface area (Å²) in [6.45, 7) is 1.18. The lowest BCUT2D eigenvalue weighted by atomic mass is 10.1. The average Bonchev–Trinajstić information content (AvgIpc) is 3.27. The van der Waals surface area contributed by atoms with E-state index in [4.69, 9.17) is 14.2 Å². The van der Waals surface area contributed by atoms with Gasteiger partial charge in [0.25, 0.3) is 0 Å². The minimum Gasteiger partial charge on any atom is -0.454 e. The van der Waals surface area contributed by atoms with Crippen molar-refractivity contribution >= 4 is 27.5 Å². The summed E-state index contributed by atoms with van der Waals surface area (Å²) in [5.74, 6) is 1.39. The molecule has 0 bridgehead atoms. The second-order valence-electron chi connectivity index (χ2n) is 5.86. The molecule has 1 amide bonds. The van der Waals surface area contributed by atoms with Crippen molar-refractivity contribution in [3.63, 3.8) is 0 Å². The van der Waals surface area contributed by atoms with Gasteiger partial charge in [-0.25, -0.2) is 4.98 Å². The number of thiazole rings is 1. The molecule has 4 rings (SSSR count). The highest BCUT2D eigenvalue weighted by Crippen LogP contribution is 2.32. The van der Waals surface area contributed by atoms with E-state index in [9.17, 15) is 4.79 Å². The summed E-state index contributed by atoms with van der Waals surface area (Å²) in [4.78, 5) is 16.4. The first kappa shape index (κ1) is 16.8. The highest BCUT2D eigenvalue weighted by molar-refractivity contribution is 7.18. The molecule has 26 heavy (non-hydrogen) atoms. The van der Waals surface area contributed by atoms with Gasteiger partial charge in [0.1, 0.15) is 11.6 Å². The first-order valence-corrected chi connectivity index (χ1v) is 9.17. The van der Waals surface area contributed by atoms with Crippen LogP contribution in [0.2, 0.25) is 0 Å². The Morgan fingerprint density at radius 1 is 1.19 bits per heavy atom. The fourth-order valence-corrected chi connectivity index (χ4v) is 3.61. The Morgan fingerprint density at radius 2 is 2.08 bits per heavy atom. The molecule has 2 aromatic carbocycles. The number of amides is 1. The number of carbonyl (C=O) groups excluding carboxylic acids is 1. The largest absolute Gasteiger partial charge is 0.454 e. The van der Waals surface area contributed by atoms with Crippen LogP contribution in [0, 0.1) is 0 Å². The fourth-order valence-electron chi connectivity index (χ4n) is 2.71. The number of para-hydroxylation sites is 1. The zero-order valence-electron chi connectivity index (χ0n) is 14.1. The van der Waals surface area contributed by atoms with Gasteiger partial charge in [0.15, 0.2) is 11.5 Å². The predicted octanol–water partition coefficient (Wildman–Crippen LogP) is 2.90. The normalized spacial score (nSPS) is 12.5. The van der Waals surface area contributed by atoms with E-state index in [-0.39, 0.29) is 19.3 Å². The molecular formula is C19H18N2O4S. The molecule has 0 unspecified atom stereocenters. The molecule has 0 radical (unpaired) electrons. The van der Waals surface area contributed by atoms with E-state index in [2.05, 4.69) is 10.3 Å². The van der Waals surface area contributed by atoms with Crippen LogP contribution in [0.25, 0.3) is 10.2 Å². The molecule has 1 aromatic heterocycles. The van der Waals surface area contributed by atoms with Gasteiger partial charge in [-0.3, -0.25) is 4.79 Å². The van der Waals surface area contributed by atoms with Crippen molar-refractivity contribution in [2.45, 2.75) is 13.0 Å². The third-order valence-corrected chi connectivity index (χ3v) is 4.98. The second-order valence-corrected chi connectivity index (χ2v) is 6.97. The maximum absolute atomic E-state index is 11.9. The minimum atomic E-state index is -0.133. The average molecular weight is 370 g/mol. The molecule has 0 saturated carbocycles. The van der Waals surface area contributed by atoms with Crippen LogP contribution in [-0.2, 0) is 22.6 Å². The van der Waals surface area contributed by atoms with E-state index in [1.54, 1.807) is 11.3 Å². The van der Waals surface area contributed by atoms with Crippen LogP contribution in [0.5, 0.6) is 11.5 Å². The number of benzene rings is 2. The van der Waals surface area contributed by atoms with E-state index < -0.39 is 0 Å². The maximum atomic E-state index is 11.9. The molecule has 134 valence electrons. The highest BCUT2D eigenvalue weighted by Gasteiger charge is 2.13. The van der Waals surface area contributed by atoms with Crippen molar-refractivity contribution in [3.8, 4) is 11.5 Å². The number of nitrogens with one attached hydrogen (secondary N) is 1. The van der Waals surface area contributed by atoms with Crippen molar-refractivity contribution in [1.82, 2.24) is 10.3 Å². The molecule has 0 fully saturated rings. The zero-order chi connectivity index (χ0) is 17.8. The van der Waals surface area contributed by atoms with Crippen LogP contribution in [0.4, 0.5) is 0 Å². The first-order chi connectivity index (χ1) is 12.8. The number of aromatic nitrogens is 1. The minimum absolute atomic E-state index is 0.0249. The van der Waals surface area contributed by atoms with Crippen molar-refractivity contribution in [2.24, 2.45) is 0 Å². The third kappa shape index (κ3) is 3.95. The molecule has 3 aromatic rings. The summed E-state index contributed by atoms with van der Waals surface area (Å²) in [7, 11) is 0. The summed E-state index contributed by atoms with van der Waals surface area (Å²) in [5.41, 5.74) is 2.05. The Kier molecular flexibility index (Phi) is 4.99. The number of fused-ring (bicyclic) bond motifs is 2. The number of carbonyl (C=O) groups is 1. The number of hydrogen-bond acceptors (Lipinski definition) is 6. The molecule has 6 nitrogen and oxygen atoms in total.